The van der Waals surface area contributed by atoms with Crippen molar-refractivity contribution >= 4 is 34.2 Å². The number of hydrogen-bond donors (Lipinski definition) is 1. The van der Waals surface area contributed by atoms with Gasteiger partial charge in [0.05, 0.1) is 10.4 Å². The van der Waals surface area contributed by atoms with Gasteiger partial charge in [-0.2, -0.15) is 0 Å². The van der Waals surface area contributed by atoms with Gasteiger partial charge in [-0.05, 0) is 12.1 Å². The molecule has 3 nitrogen and oxygen atoms in total. The van der Waals surface area contributed by atoms with Gasteiger partial charge in [0.15, 0.2) is 5.58 Å². The normalized spacial score (nSPS) is 11.1. The number of phenolic OH excluding ortho intramolecular Hbond substituents is 1. The molecule has 0 unspecified atom stereocenters. The lowest BCUT2D eigenvalue weighted by Crippen LogP contribution is -1.84. The zero-order chi connectivity index (χ0) is 13.6. The first-order valence-corrected chi connectivity index (χ1v) is 6.06. The molecule has 0 saturated carbocycles. The van der Waals surface area contributed by atoms with Gasteiger partial charge in [0.1, 0.15) is 22.3 Å². The first-order valence-electron chi connectivity index (χ1n) is 5.31. The van der Waals surface area contributed by atoms with Gasteiger partial charge in [-0.1, -0.05) is 40.5 Å². The molecule has 0 atom stereocenters. The van der Waals surface area contributed by atoms with E-state index < -0.39 is 5.82 Å². The van der Waals surface area contributed by atoms with E-state index in [0.29, 0.717) is 5.39 Å². The summed E-state index contributed by atoms with van der Waals surface area (Å²) in [5.74, 6) is -0.659. The van der Waals surface area contributed by atoms with Crippen LogP contribution < -0.4 is 0 Å². The summed E-state index contributed by atoms with van der Waals surface area (Å²) in [6, 6.07) is 7.39. The SMILES string of the molecule is Oc1cc(Cl)c2c(-c3ccccc3F)noc2c1Cl. The van der Waals surface area contributed by atoms with Gasteiger partial charge in [0.2, 0.25) is 0 Å². The Morgan fingerprint density at radius 3 is 2.68 bits per heavy atom. The third-order valence-corrected chi connectivity index (χ3v) is 3.41. The number of aromatic nitrogens is 1. The van der Waals surface area contributed by atoms with Crippen LogP contribution >= 0.6 is 23.2 Å². The van der Waals surface area contributed by atoms with Crippen LogP contribution in [0.25, 0.3) is 22.2 Å². The highest BCUT2D eigenvalue weighted by molar-refractivity contribution is 6.41. The van der Waals surface area contributed by atoms with Crippen LogP contribution in [0.2, 0.25) is 10.0 Å². The van der Waals surface area contributed by atoms with E-state index in [1.165, 1.54) is 12.1 Å². The summed E-state index contributed by atoms with van der Waals surface area (Å²) in [7, 11) is 0. The number of fused-ring (bicyclic) bond motifs is 1. The maximum atomic E-state index is 13.8. The van der Waals surface area contributed by atoms with E-state index in [1.54, 1.807) is 18.2 Å². The monoisotopic (exact) mass is 297 g/mol. The van der Waals surface area contributed by atoms with Crippen molar-refractivity contribution in [2.45, 2.75) is 0 Å². The fraction of sp³-hybridized carbons (Fsp3) is 0. The standard InChI is InChI=1S/C13H6Cl2FNO2/c14-7-5-9(18)11(15)13-10(7)12(17-19-13)6-3-1-2-4-8(6)16/h1-5,18H. The summed E-state index contributed by atoms with van der Waals surface area (Å²) in [4.78, 5) is 0. The van der Waals surface area contributed by atoms with Crippen LogP contribution in [0.5, 0.6) is 5.75 Å². The zero-order valence-electron chi connectivity index (χ0n) is 9.32. The largest absolute Gasteiger partial charge is 0.506 e. The quantitative estimate of drug-likeness (QED) is 0.711. The molecule has 0 spiro atoms. The molecule has 0 aliphatic carbocycles. The van der Waals surface area contributed by atoms with Gasteiger partial charge in [-0.25, -0.2) is 4.39 Å². The van der Waals surface area contributed by atoms with Crippen LogP contribution in [0, 0.1) is 5.82 Å². The van der Waals surface area contributed by atoms with Crippen LogP contribution in [0.4, 0.5) is 4.39 Å². The molecule has 6 heteroatoms. The molecule has 96 valence electrons. The smallest absolute Gasteiger partial charge is 0.191 e. The molecule has 0 fully saturated rings. The van der Waals surface area contributed by atoms with Gasteiger partial charge in [-0.3, -0.25) is 0 Å². The van der Waals surface area contributed by atoms with Crippen molar-refractivity contribution in [3.63, 3.8) is 0 Å². The number of halogens is 3. The minimum Gasteiger partial charge on any atom is -0.506 e. The van der Waals surface area contributed by atoms with E-state index >= 15 is 0 Å². The number of nitrogens with zero attached hydrogens (tertiary/aromatic N) is 1. The van der Waals surface area contributed by atoms with Crippen molar-refractivity contribution in [3.8, 4) is 17.0 Å². The Labute approximate surface area is 117 Å². The molecule has 0 saturated heterocycles. The van der Waals surface area contributed by atoms with Gasteiger partial charge >= 0.3 is 0 Å². The van der Waals surface area contributed by atoms with Crippen molar-refractivity contribution in [3.05, 3.63) is 46.2 Å². The van der Waals surface area contributed by atoms with Crippen LogP contribution in [0.3, 0.4) is 0 Å². The van der Waals surface area contributed by atoms with E-state index in [1.807, 2.05) is 0 Å². The Hall–Kier alpha value is -1.78. The number of benzene rings is 2. The van der Waals surface area contributed by atoms with Crippen LogP contribution in [-0.4, -0.2) is 10.3 Å². The Kier molecular flexibility index (Phi) is 2.84. The predicted octanol–water partition coefficient (Wildman–Crippen LogP) is 4.65. The molecule has 0 aliphatic heterocycles. The predicted molar refractivity (Wildman–Crippen MR) is 71.1 cm³/mol. The van der Waals surface area contributed by atoms with Crippen molar-refractivity contribution < 1.29 is 14.0 Å². The maximum Gasteiger partial charge on any atom is 0.191 e. The summed E-state index contributed by atoms with van der Waals surface area (Å²) < 4.78 is 18.8. The second-order valence-corrected chi connectivity index (χ2v) is 4.69. The molecule has 3 rings (SSSR count). The number of rotatable bonds is 1. The van der Waals surface area contributed by atoms with Crippen LogP contribution in [0.15, 0.2) is 34.9 Å². The minimum atomic E-state index is -0.446. The highest BCUT2D eigenvalue weighted by Gasteiger charge is 2.20. The summed E-state index contributed by atoms with van der Waals surface area (Å²) >= 11 is 11.9. The average molecular weight is 298 g/mol. The first-order chi connectivity index (χ1) is 9.09. The molecular weight excluding hydrogens is 292 g/mol. The Balaban J connectivity index is 2.39. The zero-order valence-corrected chi connectivity index (χ0v) is 10.8. The molecule has 1 aromatic heterocycles. The van der Waals surface area contributed by atoms with E-state index in [2.05, 4.69) is 5.16 Å². The first kappa shape index (κ1) is 12.3. The molecule has 1 heterocycles. The van der Waals surface area contributed by atoms with Crippen LogP contribution in [-0.2, 0) is 0 Å². The van der Waals surface area contributed by atoms with E-state index in [9.17, 15) is 9.50 Å². The second kappa shape index (κ2) is 4.40. The van der Waals surface area contributed by atoms with Crippen molar-refractivity contribution in [2.24, 2.45) is 0 Å². The van der Waals surface area contributed by atoms with Gasteiger partial charge in [0, 0.05) is 11.6 Å². The van der Waals surface area contributed by atoms with E-state index in [-0.39, 0.29) is 32.6 Å². The van der Waals surface area contributed by atoms with Crippen molar-refractivity contribution in [1.29, 1.82) is 0 Å². The molecular formula is C13H6Cl2FNO2. The summed E-state index contributed by atoms with van der Waals surface area (Å²) in [5.41, 5.74) is 0.634. The third kappa shape index (κ3) is 1.84. The number of aromatic hydroxyl groups is 1. The third-order valence-electron chi connectivity index (χ3n) is 2.75. The molecule has 2 aromatic carbocycles. The Morgan fingerprint density at radius 1 is 1.21 bits per heavy atom. The number of phenols is 1. The topological polar surface area (TPSA) is 46.3 Å². The van der Waals surface area contributed by atoms with Crippen molar-refractivity contribution in [1.82, 2.24) is 5.16 Å². The lowest BCUT2D eigenvalue weighted by Gasteiger charge is -2.01. The summed E-state index contributed by atoms with van der Waals surface area (Å²) in [6.45, 7) is 0. The van der Waals surface area contributed by atoms with Gasteiger partial charge in [0.25, 0.3) is 0 Å². The average Bonchev–Trinajstić information content (AvgIpc) is 2.82. The lowest BCUT2D eigenvalue weighted by atomic mass is 10.1. The summed E-state index contributed by atoms with van der Waals surface area (Å²) in [5, 5.41) is 13.9. The highest BCUT2D eigenvalue weighted by Crippen LogP contribution is 2.41. The van der Waals surface area contributed by atoms with Gasteiger partial charge in [-0.15, -0.1) is 0 Å². The van der Waals surface area contributed by atoms with E-state index in [4.69, 9.17) is 27.7 Å². The second-order valence-electron chi connectivity index (χ2n) is 3.91. The summed E-state index contributed by atoms with van der Waals surface area (Å²) in [6.07, 6.45) is 0. The van der Waals surface area contributed by atoms with E-state index in [0.717, 1.165) is 0 Å². The van der Waals surface area contributed by atoms with Crippen molar-refractivity contribution in [2.75, 3.05) is 0 Å². The molecule has 3 aromatic rings. The lowest BCUT2D eigenvalue weighted by molar-refractivity contribution is 0.451. The molecule has 0 aliphatic rings. The Morgan fingerprint density at radius 2 is 1.95 bits per heavy atom. The molecule has 0 bridgehead atoms. The molecule has 1 N–H and O–H groups in total. The highest BCUT2D eigenvalue weighted by atomic mass is 35.5. The van der Waals surface area contributed by atoms with Gasteiger partial charge < -0.3 is 9.63 Å². The maximum absolute atomic E-state index is 13.8. The number of hydrogen-bond acceptors (Lipinski definition) is 3. The molecule has 0 radical (unpaired) electrons. The molecule has 0 amide bonds. The Bertz CT molecular complexity index is 786. The van der Waals surface area contributed by atoms with Crippen LogP contribution in [0.1, 0.15) is 0 Å². The minimum absolute atomic E-state index is 0.00510. The fourth-order valence-electron chi connectivity index (χ4n) is 1.87. The fourth-order valence-corrected chi connectivity index (χ4v) is 2.33. The molecule has 19 heavy (non-hydrogen) atoms.